The number of aromatic amines is 1. The van der Waals surface area contributed by atoms with Crippen molar-refractivity contribution in [2.75, 3.05) is 0 Å². The van der Waals surface area contributed by atoms with Gasteiger partial charge in [-0.25, -0.2) is 0 Å². The van der Waals surface area contributed by atoms with Gasteiger partial charge in [0.1, 0.15) is 0 Å². The van der Waals surface area contributed by atoms with Crippen molar-refractivity contribution < 1.29 is 4.79 Å². The molecule has 0 atom stereocenters. The summed E-state index contributed by atoms with van der Waals surface area (Å²) < 4.78 is 1.54. The maximum Gasteiger partial charge on any atom is 0.293 e. The Morgan fingerprint density at radius 3 is 3.19 bits per heavy atom. The molecule has 7 nitrogen and oxygen atoms in total. The number of hydrogen-bond acceptors (Lipinski definition) is 5. The molecule has 0 bridgehead atoms. The van der Waals surface area contributed by atoms with E-state index in [-0.39, 0.29) is 23.7 Å². The first-order chi connectivity index (χ1) is 10.2. The maximum absolute atomic E-state index is 11.7. The normalized spacial score (nSPS) is 11.2. The quantitative estimate of drug-likeness (QED) is 0.697. The third-order valence-electron chi connectivity index (χ3n) is 2.77. The van der Waals surface area contributed by atoms with Crippen molar-refractivity contribution in [1.82, 2.24) is 24.9 Å². The molecule has 0 aliphatic rings. The van der Waals surface area contributed by atoms with Gasteiger partial charge < -0.3 is 10.3 Å². The Balaban J connectivity index is 1.68. The van der Waals surface area contributed by atoms with Crippen molar-refractivity contribution in [2.45, 2.75) is 6.54 Å². The predicted molar refractivity (Wildman–Crippen MR) is 78.8 cm³/mol. The molecule has 3 aromatic rings. The van der Waals surface area contributed by atoms with E-state index in [2.05, 4.69) is 20.5 Å². The maximum atomic E-state index is 11.7. The van der Waals surface area contributed by atoms with Crippen LogP contribution in [-0.2, 0) is 11.3 Å². The molecule has 8 heteroatoms. The standard InChI is InChI=1S/C13H11N5O2S/c19-11(4-3-9-2-1-7-21-9)15-8-10-16-17-12-13(20)14-5-6-18(10)12/h1-7H,8H2,(H,14,20)(H,15,19). The van der Waals surface area contributed by atoms with Crippen molar-refractivity contribution in [3.63, 3.8) is 0 Å². The molecular weight excluding hydrogens is 290 g/mol. The zero-order valence-electron chi connectivity index (χ0n) is 10.8. The monoisotopic (exact) mass is 301 g/mol. The summed E-state index contributed by atoms with van der Waals surface area (Å²) >= 11 is 1.55. The summed E-state index contributed by atoms with van der Waals surface area (Å²) in [5.41, 5.74) is -0.115. The number of thiophene rings is 1. The smallest absolute Gasteiger partial charge is 0.293 e. The molecule has 0 radical (unpaired) electrons. The van der Waals surface area contributed by atoms with Gasteiger partial charge in [0.15, 0.2) is 5.82 Å². The zero-order chi connectivity index (χ0) is 14.7. The third-order valence-corrected chi connectivity index (χ3v) is 3.61. The Bertz CT molecular complexity index is 847. The average Bonchev–Trinajstić information content (AvgIpc) is 3.13. The van der Waals surface area contributed by atoms with E-state index in [1.54, 1.807) is 28.0 Å². The van der Waals surface area contributed by atoms with Crippen molar-refractivity contribution in [2.24, 2.45) is 0 Å². The van der Waals surface area contributed by atoms with Gasteiger partial charge in [-0.1, -0.05) is 6.07 Å². The highest BCUT2D eigenvalue weighted by molar-refractivity contribution is 7.10. The number of hydrogen-bond donors (Lipinski definition) is 2. The fourth-order valence-corrected chi connectivity index (χ4v) is 2.39. The number of nitrogens with zero attached hydrogens (tertiary/aromatic N) is 3. The Morgan fingerprint density at radius 1 is 1.48 bits per heavy atom. The molecule has 0 aliphatic carbocycles. The van der Waals surface area contributed by atoms with Gasteiger partial charge in [-0.15, -0.1) is 21.5 Å². The van der Waals surface area contributed by atoms with Gasteiger partial charge in [-0.2, -0.15) is 0 Å². The number of H-pyrrole nitrogens is 1. The van der Waals surface area contributed by atoms with Crippen molar-refractivity contribution in [3.8, 4) is 0 Å². The largest absolute Gasteiger partial charge is 0.345 e. The van der Waals surface area contributed by atoms with E-state index in [4.69, 9.17) is 0 Å². The molecule has 0 saturated carbocycles. The van der Waals surface area contributed by atoms with Crippen LogP contribution in [0.5, 0.6) is 0 Å². The molecule has 21 heavy (non-hydrogen) atoms. The molecule has 3 heterocycles. The van der Waals surface area contributed by atoms with Crippen LogP contribution >= 0.6 is 11.3 Å². The van der Waals surface area contributed by atoms with Crippen LogP contribution in [0.15, 0.2) is 40.8 Å². The molecule has 0 spiro atoms. The first-order valence-electron chi connectivity index (χ1n) is 6.15. The summed E-state index contributed by atoms with van der Waals surface area (Å²) in [4.78, 5) is 26.7. The van der Waals surface area contributed by atoms with Crippen LogP contribution in [0.1, 0.15) is 10.7 Å². The van der Waals surface area contributed by atoms with Gasteiger partial charge >= 0.3 is 0 Å². The lowest BCUT2D eigenvalue weighted by Gasteiger charge is -2.00. The van der Waals surface area contributed by atoms with Crippen LogP contribution in [-0.4, -0.2) is 25.5 Å². The SMILES string of the molecule is O=C(C=Cc1cccs1)NCc1nnc2c(=O)[nH]ccn12. The minimum absolute atomic E-state index is 0.193. The second kappa shape index (κ2) is 5.71. The summed E-state index contributed by atoms with van der Waals surface area (Å²) in [5, 5.41) is 12.3. The van der Waals surface area contributed by atoms with E-state index in [1.165, 1.54) is 12.3 Å². The first-order valence-corrected chi connectivity index (χ1v) is 7.03. The van der Waals surface area contributed by atoms with Gasteiger partial charge in [0.2, 0.25) is 11.6 Å². The summed E-state index contributed by atoms with van der Waals surface area (Å²) in [6, 6.07) is 3.84. The molecule has 0 unspecified atom stereocenters. The van der Waals surface area contributed by atoms with E-state index in [0.717, 1.165) is 4.88 Å². The highest BCUT2D eigenvalue weighted by atomic mass is 32.1. The number of amides is 1. The minimum Gasteiger partial charge on any atom is -0.345 e. The lowest BCUT2D eigenvalue weighted by Crippen LogP contribution is -2.22. The molecule has 106 valence electrons. The van der Waals surface area contributed by atoms with E-state index in [9.17, 15) is 9.59 Å². The second-order valence-corrected chi connectivity index (χ2v) is 5.14. The fraction of sp³-hybridized carbons (Fsp3) is 0.0769. The summed E-state index contributed by atoms with van der Waals surface area (Å²) in [5.74, 6) is 0.263. The van der Waals surface area contributed by atoms with Crippen LogP contribution in [0.4, 0.5) is 0 Å². The molecule has 0 saturated heterocycles. The highest BCUT2D eigenvalue weighted by Gasteiger charge is 2.08. The number of carbonyl (C=O) groups excluding carboxylic acids is 1. The lowest BCUT2D eigenvalue weighted by atomic mass is 10.4. The van der Waals surface area contributed by atoms with Gasteiger partial charge in [0, 0.05) is 23.3 Å². The average molecular weight is 301 g/mol. The predicted octanol–water partition coefficient (Wildman–Crippen LogP) is 0.809. The molecule has 3 rings (SSSR count). The van der Waals surface area contributed by atoms with E-state index in [1.807, 2.05) is 17.5 Å². The fourth-order valence-electron chi connectivity index (χ4n) is 1.78. The van der Waals surface area contributed by atoms with Crippen molar-refractivity contribution in [1.29, 1.82) is 0 Å². The molecule has 0 aliphatic heterocycles. The molecular formula is C13H11N5O2S. The number of rotatable bonds is 4. The Morgan fingerprint density at radius 2 is 2.38 bits per heavy atom. The lowest BCUT2D eigenvalue weighted by molar-refractivity contribution is -0.116. The van der Waals surface area contributed by atoms with Gasteiger partial charge in [-0.3, -0.25) is 14.0 Å². The van der Waals surface area contributed by atoms with E-state index >= 15 is 0 Å². The van der Waals surface area contributed by atoms with Crippen LogP contribution in [0.25, 0.3) is 11.7 Å². The minimum atomic E-state index is -0.319. The molecule has 1 amide bonds. The van der Waals surface area contributed by atoms with Crippen LogP contribution in [0, 0.1) is 0 Å². The second-order valence-electron chi connectivity index (χ2n) is 4.17. The molecule has 0 fully saturated rings. The van der Waals surface area contributed by atoms with Gasteiger partial charge in [0.25, 0.3) is 5.56 Å². The topological polar surface area (TPSA) is 92.2 Å². The van der Waals surface area contributed by atoms with Gasteiger partial charge in [0.05, 0.1) is 6.54 Å². The summed E-state index contributed by atoms with van der Waals surface area (Å²) in [7, 11) is 0. The molecule has 3 aromatic heterocycles. The van der Waals surface area contributed by atoms with Crippen LogP contribution in [0.2, 0.25) is 0 Å². The Hall–Kier alpha value is -2.74. The zero-order valence-corrected chi connectivity index (χ0v) is 11.6. The number of carbonyl (C=O) groups is 1. The first kappa shape index (κ1) is 13.3. The van der Waals surface area contributed by atoms with Crippen molar-refractivity contribution in [3.05, 3.63) is 57.0 Å². The Labute approximate surface area is 123 Å². The van der Waals surface area contributed by atoms with Crippen LogP contribution < -0.4 is 10.9 Å². The van der Waals surface area contributed by atoms with E-state index in [0.29, 0.717) is 5.82 Å². The molecule has 0 aromatic carbocycles. The van der Waals surface area contributed by atoms with Crippen molar-refractivity contribution >= 4 is 29.0 Å². The summed E-state index contributed by atoms with van der Waals surface area (Å²) in [6.07, 6.45) is 6.34. The third kappa shape index (κ3) is 2.90. The number of aromatic nitrogens is 4. The van der Waals surface area contributed by atoms with Crippen LogP contribution in [0.3, 0.4) is 0 Å². The molecule has 2 N–H and O–H groups in total. The summed E-state index contributed by atoms with van der Waals surface area (Å²) in [6.45, 7) is 0.193. The Kier molecular flexibility index (Phi) is 3.61. The number of nitrogens with one attached hydrogen (secondary N) is 2. The highest BCUT2D eigenvalue weighted by Crippen LogP contribution is 2.09. The van der Waals surface area contributed by atoms with Gasteiger partial charge in [-0.05, 0) is 17.5 Å². The number of fused-ring (bicyclic) bond motifs is 1. The van der Waals surface area contributed by atoms with E-state index < -0.39 is 0 Å².